The average Bonchev–Trinajstić information content (AvgIpc) is 3.53. The number of nitrogens with zero attached hydrogens (tertiary/aromatic N) is 8. The van der Waals surface area contributed by atoms with Gasteiger partial charge in [0.1, 0.15) is 18.2 Å². The highest BCUT2D eigenvalue weighted by atomic mass is 16.5. The van der Waals surface area contributed by atoms with E-state index in [9.17, 15) is 24.0 Å². The Morgan fingerprint density at radius 1 is 0.713 bits per heavy atom. The van der Waals surface area contributed by atoms with Gasteiger partial charge in [-0.1, -0.05) is 94.5 Å². The zero-order valence-electron chi connectivity index (χ0n) is 46.0. The molecule has 19 heteroatoms. The molecule has 3 amide bonds. The molecule has 0 saturated carbocycles. The van der Waals surface area contributed by atoms with Crippen molar-refractivity contribution < 1.29 is 28.7 Å². The Morgan fingerprint density at radius 3 is 2.17 bits per heavy atom. The number of carbonyl (C=O) groups excluding carboxylic acids is 4. The number of ether oxygens (including phenoxy) is 2. The molecule has 1 aliphatic rings. The number of esters is 1. The van der Waals surface area contributed by atoms with Gasteiger partial charge in [-0.15, -0.1) is 0 Å². The zero-order valence-corrected chi connectivity index (χ0v) is 46.0. The van der Waals surface area contributed by atoms with Gasteiger partial charge in [0.15, 0.2) is 11.6 Å². The Kier molecular flexibility index (Phi) is 21.0. The van der Waals surface area contributed by atoms with Crippen LogP contribution in [0.5, 0.6) is 5.75 Å². The summed E-state index contributed by atoms with van der Waals surface area (Å²) in [7, 11) is 4.41. The molecule has 6 heterocycles. The van der Waals surface area contributed by atoms with Crippen molar-refractivity contribution in [3.05, 3.63) is 144 Å². The van der Waals surface area contributed by atoms with Gasteiger partial charge in [0.25, 0.3) is 17.4 Å². The number of rotatable bonds is 28. The Morgan fingerprint density at radius 2 is 1.45 bits per heavy atom. The minimum atomic E-state index is -0.531. The summed E-state index contributed by atoms with van der Waals surface area (Å²) in [6.45, 7) is 2.29. The summed E-state index contributed by atoms with van der Waals surface area (Å²) >= 11 is 0. The van der Waals surface area contributed by atoms with E-state index in [1.165, 1.54) is 55.8 Å². The van der Waals surface area contributed by atoms with Gasteiger partial charge in [0.2, 0.25) is 5.91 Å². The number of fused-ring (bicyclic) bond motifs is 1. The summed E-state index contributed by atoms with van der Waals surface area (Å²) in [4.78, 5) is 91.5. The SMILES string of the molecule is CNC(=O)c1cnc(Nc2ccc(C(=O)NCCCCCCCCCCCCCCN(C(=O)[C@H]3CCCN(c4cncc5ccccc45)C3)c3ccc(=O)n(CC(=O)OC)c3)cn2)cc1Nc1cccc(-c2ncccn2)c1OC. The van der Waals surface area contributed by atoms with Crippen LogP contribution in [0.3, 0.4) is 0 Å². The van der Waals surface area contributed by atoms with Gasteiger partial charge in [0.05, 0.1) is 65.8 Å². The van der Waals surface area contributed by atoms with Crippen LogP contribution in [-0.4, -0.2) is 101 Å². The summed E-state index contributed by atoms with van der Waals surface area (Å²) in [6.07, 6.45) is 26.3. The second kappa shape index (κ2) is 29.3. The van der Waals surface area contributed by atoms with E-state index in [2.05, 4.69) is 63.2 Å². The molecule has 1 saturated heterocycles. The fourth-order valence-corrected chi connectivity index (χ4v) is 10.1. The van der Waals surface area contributed by atoms with Crippen molar-refractivity contribution in [1.29, 1.82) is 0 Å². The Balaban J connectivity index is 0.718. The number of anilines is 6. The smallest absolute Gasteiger partial charge is 0.325 e. The number of methoxy groups -OCH3 is 2. The number of aromatic nitrogens is 6. The highest BCUT2D eigenvalue weighted by molar-refractivity contribution is 6.01. The summed E-state index contributed by atoms with van der Waals surface area (Å²) < 4.78 is 11.9. The van der Waals surface area contributed by atoms with Crippen LogP contribution in [0, 0.1) is 5.92 Å². The molecule has 1 atom stereocenters. The molecule has 418 valence electrons. The normalized spacial score (nSPS) is 13.1. The standard InChI is InChI=1S/C61H72N12O7/c1-62-60(77)49-38-68-54(35-51(49)69-50-25-18-24-48(57(50)80-3)58-64-31-20-32-65-58)70-53-28-26-44(37-67-53)59(76)66-30-16-12-10-8-6-4-5-7-9-11-13-17-34-73(46-27-29-55(74)72(41-46)42-56(75)79-2)61(78)45-22-19-33-71(40-45)52-39-63-36-43-21-14-15-23-47(43)52/h14-15,18,20-21,23-29,31-32,35-39,41,45H,4-13,16-17,19,22,30,33-34,40,42H2,1-3H3,(H,62,77)(H,66,76)(H2,67,68,69,70)/t45-/m0/s1. The molecule has 2 aromatic carbocycles. The maximum absolute atomic E-state index is 14.5. The summed E-state index contributed by atoms with van der Waals surface area (Å²) in [5.74, 6) is 0.639. The molecule has 5 aromatic heterocycles. The minimum Gasteiger partial charge on any atom is -0.494 e. The molecular weight excluding hydrogens is 1010 g/mol. The number of pyridine rings is 4. The lowest BCUT2D eigenvalue weighted by atomic mass is 9.95. The van der Waals surface area contributed by atoms with Gasteiger partial charge in [-0.05, 0) is 62.1 Å². The molecule has 7 aromatic rings. The molecule has 19 nitrogen and oxygen atoms in total. The average molecular weight is 1090 g/mol. The molecule has 1 fully saturated rings. The first kappa shape index (κ1) is 57.4. The van der Waals surface area contributed by atoms with Crippen molar-refractivity contribution in [3.63, 3.8) is 0 Å². The Bertz CT molecular complexity index is 3240. The van der Waals surface area contributed by atoms with E-state index in [1.54, 1.807) is 63.1 Å². The van der Waals surface area contributed by atoms with Crippen molar-refractivity contribution in [2.24, 2.45) is 5.92 Å². The second-order valence-corrected chi connectivity index (χ2v) is 19.9. The lowest BCUT2D eigenvalue weighted by Crippen LogP contribution is -2.45. The number of piperidine rings is 1. The van der Waals surface area contributed by atoms with E-state index in [4.69, 9.17) is 9.47 Å². The number of unbranched alkanes of at least 4 members (excludes halogenated alkanes) is 11. The third-order valence-corrected chi connectivity index (χ3v) is 14.4. The van der Waals surface area contributed by atoms with Crippen LogP contribution in [0.2, 0.25) is 0 Å². The first-order valence-electron chi connectivity index (χ1n) is 27.7. The van der Waals surface area contributed by atoms with Crippen LogP contribution >= 0.6 is 0 Å². The molecule has 0 aliphatic carbocycles. The number of hydrogen-bond acceptors (Lipinski definition) is 15. The molecule has 80 heavy (non-hydrogen) atoms. The molecule has 0 radical (unpaired) electrons. The van der Waals surface area contributed by atoms with Crippen LogP contribution in [0.25, 0.3) is 22.2 Å². The van der Waals surface area contributed by atoms with Crippen LogP contribution in [0.15, 0.2) is 127 Å². The molecule has 0 unspecified atom stereocenters. The minimum absolute atomic E-state index is 0.0270. The molecule has 4 N–H and O–H groups in total. The molecular formula is C61H72N12O7. The molecule has 1 aliphatic heterocycles. The van der Waals surface area contributed by atoms with Gasteiger partial charge in [-0.25, -0.2) is 19.9 Å². The fourth-order valence-electron chi connectivity index (χ4n) is 10.1. The van der Waals surface area contributed by atoms with E-state index < -0.39 is 5.97 Å². The number of amides is 3. The Labute approximate surface area is 467 Å². The topological polar surface area (TPSA) is 228 Å². The number of benzene rings is 2. The molecule has 0 spiro atoms. The second-order valence-electron chi connectivity index (χ2n) is 19.9. The fraction of sp³-hybridized carbons (Fsp3) is 0.377. The summed E-state index contributed by atoms with van der Waals surface area (Å²) in [6, 6.07) is 23.7. The van der Waals surface area contributed by atoms with E-state index in [1.807, 2.05) is 47.6 Å². The maximum atomic E-state index is 14.5. The van der Waals surface area contributed by atoms with E-state index in [0.29, 0.717) is 76.6 Å². The van der Waals surface area contributed by atoms with Gasteiger partial charge in [0, 0.05) is 93.3 Å². The predicted octanol–water partition coefficient (Wildman–Crippen LogP) is 10.0. The van der Waals surface area contributed by atoms with Crippen molar-refractivity contribution >= 4 is 68.8 Å². The van der Waals surface area contributed by atoms with Crippen LogP contribution in [-0.2, 0) is 20.9 Å². The third-order valence-electron chi connectivity index (χ3n) is 14.4. The van der Waals surface area contributed by atoms with Crippen molar-refractivity contribution in [2.75, 3.05) is 67.9 Å². The van der Waals surface area contributed by atoms with E-state index in [0.717, 1.165) is 87.2 Å². The summed E-state index contributed by atoms with van der Waals surface area (Å²) in [5, 5.41) is 14.4. The van der Waals surface area contributed by atoms with Gasteiger partial charge in [-0.3, -0.25) is 29.0 Å². The van der Waals surface area contributed by atoms with E-state index in [-0.39, 0.29) is 35.7 Å². The lowest BCUT2D eigenvalue weighted by molar-refractivity contribution is -0.141. The van der Waals surface area contributed by atoms with Crippen molar-refractivity contribution in [1.82, 2.24) is 40.1 Å². The number of hydrogen-bond donors (Lipinski definition) is 4. The van der Waals surface area contributed by atoms with Crippen molar-refractivity contribution in [3.8, 4) is 17.1 Å². The monoisotopic (exact) mass is 1080 g/mol. The number of nitrogens with one attached hydrogen (secondary N) is 4. The first-order chi connectivity index (χ1) is 39.1. The summed E-state index contributed by atoms with van der Waals surface area (Å²) in [5.41, 5.74) is 3.82. The third kappa shape index (κ3) is 15.5. The highest BCUT2D eigenvalue weighted by Gasteiger charge is 2.31. The van der Waals surface area contributed by atoms with Gasteiger partial charge < -0.3 is 45.1 Å². The number of para-hydroxylation sites is 1. The van der Waals surface area contributed by atoms with Crippen LogP contribution in [0.1, 0.15) is 111 Å². The van der Waals surface area contributed by atoms with Crippen LogP contribution < -0.4 is 41.4 Å². The Hall–Kier alpha value is -8.74. The zero-order chi connectivity index (χ0) is 56.1. The molecule has 8 rings (SSSR count). The van der Waals surface area contributed by atoms with E-state index >= 15 is 0 Å². The lowest BCUT2D eigenvalue weighted by Gasteiger charge is -2.36. The van der Waals surface area contributed by atoms with Gasteiger partial charge in [-0.2, -0.15) is 0 Å². The van der Waals surface area contributed by atoms with Crippen molar-refractivity contribution in [2.45, 2.75) is 96.4 Å². The highest BCUT2D eigenvalue weighted by Crippen LogP contribution is 2.38. The number of carbonyl (C=O) groups is 4. The quantitative estimate of drug-likeness (QED) is 0.0264. The largest absolute Gasteiger partial charge is 0.494 e. The van der Waals surface area contributed by atoms with Crippen LogP contribution in [0.4, 0.5) is 34.4 Å². The van der Waals surface area contributed by atoms with Gasteiger partial charge >= 0.3 is 5.97 Å². The first-order valence-corrected chi connectivity index (χ1v) is 27.7. The predicted molar refractivity (Wildman–Crippen MR) is 312 cm³/mol. The maximum Gasteiger partial charge on any atom is 0.325 e. The molecule has 0 bridgehead atoms.